The molecule has 0 radical (unpaired) electrons. The van der Waals surface area contributed by atoms with Gasteiger partial charge in [-0.15, -0.1) is 0 Å². The van der Waals surface area contributed by atoms with Gasteiger partial charge in [0.1, 0.15) is 11.2 Å². The predicted molar refractivity (Wildman–Crippen MR) is 163 cm³/mol. The van der Waals surface area contributed by atoms with E-state index in [0.29, 0.717) is 17.7 Å². The number of nitrogens with zero attached hydrogens (tertiary/aromatic N) is 5. The summed E-state index contributed by atoms with van der Waals surface area (Å²) in [5.74, 6) is -0.201. The van der Waals surface area contributed by atoms with E-state index >= 15 is 0 Å². The molecule has 0 aliphatic heterocycles. The number of benzene rings is 1. The lowest BCUT2D eigenvalue weighted by Gasteiger charge is -2.11. The second-order valence-electron chi connectivity index (χ2n) is 10.4. The summed E-state index contributed by atoms with van der Waals surface area (Å²) >= 11 is 0. The van der Waals surface area contributed by atoms with Crippen molar-refractivity contribution in [2.24, 2.45) is 14.1 Å². The Bertz CT molecular complexity index is 2000. The van der Waals surface area contributed by atoms with E-state index in [1.54, 1.807) is 34.8 Å². The number of nitrogens with one attached hydrogen (secondary N) is 3. The Morgan fingerprint density at radius 2 is 1.78 bits per heavy atom. The maximum atomic E-state index is 12.7. The first-order valence-electron chi connectivity index (χ1n) is 13.2. The third-order valence-electron chi connectivity index (χ3n) is 7.03. The van der Waals surface area contributed by atoms with Crippen LogP contribution in [0.5, 0.6) is 0 Å². The van der Waals surface area contributed by atoms with E-state index in [4.69, 9.17) is 4.98 Å². The van der Waals surface area contributed by atoms with E-state index in [2.05, 4.69) is 32.5 Å². The van der Waals surface area contributed by atoms with E-state index in [0.717, 1.165) is 49.8 Å². The van der Waals surface area contributed by atoms with Crippen molar-refractivity contribution in [1.29, 1.82) is 0 Å². The number of aryl methyl sites for hydroxylation is 2. The van der Waals surface area contributed by atoms with E-state index in [1.165, 1.54) is 0 Å². The maximum Gasteiger partial charge on any atom is 0.274 e. The third kappa shape index (κ3) is 5.08. The van der Waals surface area contributed by atoms with Crippen LogP contribution >= 0.6 is 0 Å². The molecule has 0 fully saturated rings. The van der Waals surface area contributed by atoms with E-state index in [1.807, 2.05) is 75.1 Å². The standard InChI is InChI=1S/C31H30N8O2/c1-37(2)9-5-6-28(40)36-23-11-19(10-20(12-23)22-15-35-39(4)17-22)21-13-25-26(16-34-30(25)33-14-21)27-18-38(3)31(41)29-24(27)7-8-32-29/h5-8,10-18,32H,9H2,1-4H3,(H,33,34)(H,36,40). The summed E-state index contributed by atoms with van der Waals surface area (Å²) in [4.78, 5) is 38.4. The Labute approximate surface area is 236 Å². The molecule has 6 aromatic rings. The number of carbonyl (C=O) groups is 1. The highest BCUT2D eigenvalue weighted by Crippen LogP contribution is 2.36. The van der Waals surface area contributed by atoms with Crippen LogP contribution in [-0.4, -0.2) is 60.7 Å². The van der Waals surface area contributed by atoms with Crippen LogP contribution in [0.1, 0.15) is 0 Å². The first kappa shape index (κ1) is 26.0. The molecule has 0 saturated carbocycles. The van der Waals surface area contributed by atoms with Gasteiger partial charge in [0, 0.05) is 96.4 Å². The summed E-state index contributed by atoms with van der Waals surface area (Å²) in [5.41, 5.74) is 7.40. The Balaban J connectivity index is 1.45. The van der Waals surface area contributed by atoms with Crippen molar-refractivity contribution in [1.82, 2.24) is 34.2 Å². The van der Waals surface area contributed by atoms with Gasteiger partial charge in [-0.3, -0.25) is 14.3 Å². The summed E-state index contributed by atoms with van der Waals surface area (Å²) in [7, 11) is 7.52. The van der Waals surface area contributed by atoms with Crippen LogP contribution in [0, 0.1) is 0 Å². The average molecular weight is 547 g/mol. The molecule has 3 N–H and O–H groups in total. The number of amides is 1. The molecule has 1 aromatic carbocycles. The highest BCUT2D eigenvalue weighted by Gasteiger charge is 2.16. The maximum absolute atomic E-state index is 12.7. The van der Waals surface area contributed by atoms with Gasteiger partial charge in [0.2, 0.25) is 5.91 Å². The number of H-pyrrole nitrogens is 2. The minimum Gasteiger partial charge on any atom is -0.357 e. The number of hydrogen-bond donors (Lipinski definition) is 3. The third-order valence-corrected chi connectivity index (χ3v) is 7.03. The van der Waals surface area contributed by atoms with Crippen LogP contribution in [0.15, 0.2) is 84.5 Å². The van der Waals surface area contributed by atoms with Crippen LogP contribution in [0.25, 0.3) is 55.3 Å². The van der Waals surface area contributed by atoms with Gasteiger partial charge in [-0.05, 0) is 55.6 Å². The fraction of sp³-hybridized carbons (Fsp3) is 0.161. The number of rotatable bonds is 7. The Kier molecular flexibility index (Phi) is 6.60. The van der Waals surface area contributed by atoms with Crippen LogP contribution in [0.3, 0.4) is 0 Å². The molecule has 5 aromatic heterocycles. The SMILES string of the molecule is CN(C)CC=CC(=O)Nc1cc(-c2cnc3[nH]cc(-c4cn(C)c(=O)c5[nH]ccc45)c3c2)cc(-c2cnn(C)c2)c1. The number of aromatic amines is 2. The van der Waals surface area contributed by atoms with Crippen molar-refractivity contribution in [2.75, 3.05) is 26.0 Å². The van der Waals surface area contributed by atoms with Crippen LogP contribution in [0.4, 0.5) is 5.69 Å². The zero-order valence-electron chi connectivity index (χ0n) is 23.3. The largest absolute Gasteiger partial charge is 0.357 e. The van der Waals surface area contributed by atoms with Gasteiger partial charge in [0.05, 0.1) is 6.20 Å². The summed E-state index contributed by atoms with van der Waals surface area (Å²) in [5, 5.41) is 9.11. The number of hydrogen-bond acceptors (Lipinski definition) is 5. The number of anilines is 1. The first-order valence-corrected chi connectivity index (χ1v) is 13.2. The minimum atomic E-state index is -0.201. The van der Waals surface area contributed by atoms with Gasteiger partial charge >= 0.3 is 0 Å². The number of likely N-dealkylation sites (N-methyl/N-ethyl adjacent to an activating group) is 1. The fourth-order valence-electron chi connectivity index (χ4n) is 5.03. The van der Waals surface area contributed by atoms with Gasteiger partial charge in [0.15, 0.2) is 0 Å². The van der Waals surface area contributed by atoms with Crippen molar-refractivity contribution in [3.63, 3.8) is 0 Å². The van der Waals surface area contributed by atoms with Gasteiger partial charge in [-0.2, -0.15) is 5.10 Å². The normalized spacial score (nSPS) is 11.8. The molecule has 0 atom stereocenters. The lowest BCUT2D eigenvalue weighted by molar-refractivity contribution is -0.111. The van der Waals surface area contributed by atoms with Gasteiger partial charge < -0.3 is 24.8 Å². The van der Waals surface area contributed by atoms with Gasteiger partial charge in [-0.1, -0.05) is 6.08 Å². The van der Waals surface area contributed by atoms with Crippen molar-refractivity contribution in [3.8, 4) is 33.4 Å². The monoisotopic (exact) mass is 546 g/mol. The Morgan fingerprint density at radius 3 is 2.54 bits per heavy atom. The predicted octanol–water partition coefficient (Wildman–Crippen LogP) is 4.53. The van der Waals surface area contributed by atoms with Crippen LogP contribution < -0.4 is 10.9 Å². The molecule has 206 valence electrons. The summed E-state index contributed by atoms with van der Waals surface area (Å²) in [6, 6.07) is 9.97. The second kappa shape index (κ2) is 10.4. The molecule has 0 unspecified atom stereocenters. The molecule has 6 rings (SSSR count). The molecule has 0 aliphatic carbocycles. The molecule has 0 bridgehead atoms. The lowest BCUT2D eigenvalue weighted by Crippen LogP contribution is -2.16. The summed E-state index contributed by atoms with van der Waals surface area (Å²) < 4.78 is 3.34. The quantitative estimate of drug-likeness (QED) is 0.254. The Morgan fingerprint density at radius 1 is 0.976 bits per heavy atom. The highest BCUT2D eigenvalue weighted by molar-refractivity contribution is 6.04. The number of fused-ring (bicyclic) bond motifs is 2. The highest BCUT2D eigenvalue weighted by atomic mass is 16.1. The Hall–Kier alpha value is -5.22. The van der Waals surface area contributed by atoms with Crippen LogP contribution in [-0.2, 0) is 18.9 Å². The molecule has 5 heterocycles. The molecular formula is C31H30N8O2. The molecule has 0 spiro atoms. The number of carbonyl (C=O) groups excluding carboxylic acids is 1. The van der Waals surface area contributed by atoms with Crippen molar-refractivity contribution < 1.29 is 4.79 Å². The molecule has 1 amide bonds. The van der Waals surface area contributed by atoms with Crippen molar-refractivity contribution >= 4 is 33.5 Å². The molecule has 10 heteroatoms. The summed E-state index contributed by atoms with van der Waals surface area (Å²) in [6.45, 7) is 0.670. The number of pyridine rings is 2. The first-order chi connectivity index (χ1) is 19.8. The average Bonchev–Trinajstić information content (AvgIpc) is 3.70. The van der Waals surface area contributed by atoms with E-state index < -0.39 is 0 Å². The molecule has 0 saturated heterocycles. The number of aromatic nitrogens is 6. The molecule has 0 aliphatic rings. The molecule has 41 heavy (non-hydrogen) atoms. The smallest absolute Gasteiger partial charge is 0.274 e. The van der Waals surface area contributed by atoms with E-state index in [9.17, 15) is 9.59 Å². The zero-order chi connectivity index (χ0) is 28.7. The summed E-state index contributed by atoms with van der Waals surface area (Å²) in [6.07, 6.45) is 14.5. The van der Waals surface area contributed by atoms with Gasteiger partial charge in [-0.25, -0.2) is 4.98 Å². The molecular weight excluding hydrogens is 516 g/mol. The van der Waals surface area contributed by atoms with Crippen molar-refractivity contribution in [2.45, 2.75) is 0 Å². The van der Waals surface area contributed by atoms with Gasteiger partial charge in [0.25, 0.3) is 5.56 Å². The van der Waals surface area contributed by atoms with Crippen molar-refractivity contribution in [3.05, 3.63) is 90.0 Å². The second-order valence-corrected chi connectivity index (χ2v) is 10.4. The lowest BCUT2D eigenvalue weighted by atomic mass is 9.98. The topological polar surface area (TPSA) is 117 Å². The zero-order valence-corrected chi connectivity index (χ0v) is 23.3. The minimum absolute atomic E-state index is 0.0780. The molecule has 10 nitrogen and oxygen atoms in total. The van der Waals surface area contributed by atoms with Crippen LogP contribution in [0.2, 0.25) is 0 Å². The fourth-order valence-corrected chi connectivity index (χ4v) is 5.03. The van der Waals surface area contributed by atoms with E-state index in [-0.39, 0.29) is 11.5 Å².